The number of thiophene rings is 1. The lowest BCUT2D eigenvalue weighted by molar-refractivity contribution is 0.913. The van der Waals surface area contributed by atoms with Crippen molar-refractivity contribution >= 4 is 54.1 Å². The van der Waals surface area contributed by atoms with Gasteiger partial charge in [0.1, 0.15) is 11.6 Å². The number of benzene rings is 3. The van der Waals surface area contributed by atoms with Crippen molar-refractivity contribution in [2.24, 2.45) is 0 Å². The third-order valence-corrected chi connectivity index (χ3v) is 8.54. The molecule has 0 radical (unpaired) electrons. The van der Waals surface area contributed by atoms with Gasteiger partial charge in [0.05, 0.1) is 22.2 Å². The van der Waals surface area contributed by atoms with Crippen LogP contribution in [-0.4, -0.2) is 24.9 Å². The lowest BCUT2D eigenvalue weighted by Gasteiger charge is -2.15. The van der Waals surface area contributed by atoms with Crippen LogP contribution in [0.2, 0.25) is 0 Å². The van der Waals surface area contributed by atoms with E-state index in [1.54, 1.807) is 0 Å². The van der Waals surface area contributed by atoms with Gasteiger partial charge in [-0.2, -0.15) is 0 Å². The molecule has 2 N–H and O–H groups in total. The lowest BCUT2D eigenvalue weighted by atomic mass is 9.91. The van der Waals surface area contributed by atoms with E-state index >= 15 is 0 Å². The zero-order valence-corrected chi connectivity index (χ0v) is 20.2. The van der Waals surface area contributed by atoms with Gasteiger partial charge >= 0.3 is 0 Å². The van der Waals surface area contributed by atoms with Gasteiger partial charge in [-0.05, 0) is 67.5 Å². The van der Waals surface area contributed by atoms with Gasteiger partial charge in [-0.1, -0.05) is 24.3 Å². The molecular weight excluding hydrogens is 450 g/mol. The molecular formula is C29H21N5S. The number of hydrogen-bond acceptors (Lipinski definition) is 4. The van der Waals surface area contributed by atoms with Gasteiger partial charge in [-0.25, -0.2) is 9.97 Å². The largest absolute Gasteiger partial charge is 0.346 e. The summed E-state index contributed by atoms with van der Waals surface area (Å²) in [6.07, 6.45) is 3.93. The molecule has 1 aliphatic carbocycles. The third-order valence-electron chi connectivity index (χ3n) is 7.28. The highest BCUT2D eigenvalue weighted by Gasteiger charge is 2.23. The van der Waals surface area contributed by atoms with Crippen molar-refractivity contribution in [3.8, 4) is 21.7 Å². The molecule has 0 saturated heterocycles. The number of rotatable bonds is 1. The first-order valence-corrected chi connectivity index (χ1v) is 12.7. The molecule has 3 aromatic carbocycles. The monoisotopic (exact) mass is 471 g/mol. The van der Waals surface area contributed by atoms with Crippen LogP contribution in [0.15, 0.2) is 54.7 Å². The molecule has 4 heterocycles. The number of fused-ring (bicyclic) bond motifs is 11. The minimum Gasteiger partial charge on any atom is -0.346 e. The van der Waals surface area contributed by atoms with Gasteiger partial charge in [0.25, 0.3) is 0 Å². The highest BCUT2D eigenvalue weighted by atomic mass is 32.1. The van der Waals surface area contributed by atoms with Crippen LogP contribution in [-0.2, 0) is 12.8 Å². The summed E-state index contributed by atoms with van der Waals surface area (Å²) in [6.45, 7) is 4.05. The zero-order chi connectivity index (χ0) is 23.3. The second-order valence-electron chi connectivity index (χ2n) is 9.48. The Morgan fingerprint density at radius 2 is 1.74 bits per heavy atom. The Morgan fingerprint density at radius 1 is 0.829 bits per heavy atom. The van der Waals surface area contributed by atoms with Crippen LogP contribution in [0.3, 0.4) is 0 Å². The molecule has 35 heavy (non-hydrogen) atoms. The van der Waals surface area contributed by atoms with Crippen molar-refractivity contribution in [3.05, 3.63) is 77.6 Å². The SMILES string of the molecule is Cc1nc2c([nH]1)CCc1c-2ccc2cc(-c3ccc4c(c3)c3ncccc3c3nc(C)[nH]c43)sc12. The molecule has 0 fully saturated rings. The van der Waals surface area contributed by atoms with Crippen LogP contribution in [0.5, 0.6) is 0 Å². The average Bonchev–Trinajstić information content (AvgIpc) is 3.59. The molecule has 0 aliphatic heterocycles. The number of aromatic amines is 2. The van der Waals surface area contributed by atoms with E-state index in [1.165, 1.54) is 37.3 Å². The van der Waals surface area contributed by atoms with Crippen molar-refractivity contribution in [3.63, 3.8) is 0 Å². The molecule has 6 heteroatoms. The first-order chi connectivity index (χ1) is 17.1. The van der Waals surface area contributed by atoms with Crippen LogP contribution < -0.4 is 0 Å². The standard InChI is InChI=1S/C29H21N5S/c1-14-31-23-10-9-20-18(26(23)32-14)8-6-17-13-24(35-29(17)20)16-5-7-19-22(12-16)25-21(4-3-11-30-25)28-27(19)33-15(2)34-28/h3-8,11-13H,9-10H2,1-2H3,(H,31,32)(H,33,34). The molecule has 0 unspecified atom stereocenters. The molecule has 0 atom stereocenters. The maximum atomic E-state index is 4.79. The van der Waals surface area contributed by atoms with Gasteiger partial charge < -0.3 is 9.97 Å². The minimum absolute atomic E-state index is 0.922. The number of H-pyrrole nitrogens is 2. The van der Waals surface area contributed by atoms with Gasteiger partial charge in [0, 0.05) is 43.2 Å². The van der Waals surface area contributed by atoms with Gasteiger partial charge in [0.15, 0.2) is 0 Å². The molecule has 1 aliphatic rings. The molecule has 0 saturated carbocycles. The summed E-state index contributed by atoms with van der Waals surface area (Å²) in [5.41, 5.74) is 9.41. The summed E-state index contributed by atoms with van der Waals surface area (Å²) in [6, 6.07) is 17.7. The molecule has 0 amide bonds. The number of imidazole rings is 2. The molecule has 8 rings (SSSR count). The Hall–Kier alpha value is -4.03. The summed E-state index contributed by atoms with van der Waals surface area (Å²) < 4.78 is 1.38. The predicted octanol–water partition coefficient (Wildman–Crippen LogP) is 7.25. The quantitative estimate of drug-likeness (QED) is 0.248. The van der Waals surface area contributed by atoms with Gasteiger partial charge in [-0.15, -0.1) is 11.3 Å². The maximum Gasteiger partial charge on any atom is 0.104 e. The van der Waals surface area contributed by atoms with Crippen molar-refractivity contribution in [2.45, 2.75) is 26.7 Å². The first-order valence-electron chi connectivity index (χ1n) is 11.9. The van der Waals surface area contributed by atoms with Gasteiger partial charge in [0.2, 0.25) is 0 Å². The van der Waals surface area contributed by atoms with Crippen molar-refractivity contribution in [1.82, 2.24) is 24.9 Å². The Kier molecular flexibility index (Phi) is 3.73. The summed E-state index contributed by atoms with van der Waals surface area (Å²) in [7, 11) is 0. The Labute approximate surface area is 204 Å². The zero-order valence-electron chi connectivity index (χ0n) is 19.4. The van der Waals surface area contributed by atoms with E-state index in [9.17, 15) is 0 Å². The highest BCUT2D eigenvalue weighted by molar-refractivity contribution is 7.22. The molecule has 7 aromatic rings. The summed E-state index contributed by atoms with van der Waals surface area (Å²) in [5.74, 6) is 1.92. The Morgan fingerprint density at radius 3 is 2.69 bits per heavy atom. The molecule has 0 bridgehead atoms. The number of pyridine rings is 1. The summed E-state index contributed by atoms with van der Waals surface area (Å²) in [4.78, 5) is 22.5. The van der Waals surface area contributed by atoms with Crippen molar-refractivity contribution < 1.29 is 0 Å². The van der Waals surface area contributed by atoms with Crippen LogP contribution >= 0.6 is 11.3 Å². The van der Waals surface area contributed by atoms with E-state index < -0.39 is 0 Å². The third kappa shape index (κ3) is 2.66. The van der Waals surface area contributed by atoms with E-state index in [-0.39, 0.29) is 0 Å². The molecule has 4 aromatic heterocycles. The lowest BCUT2D eigenvalue weighted by Crippen LogP contribution is -2.03. The van der Waals surface area contributed by atoms with Gasteiger partial charge in [-0.3, -0.25) is 4.98 Å². The Bertz CT molecular complexity index is 1990. The van der Waals surface area contributed by atoms with Crippen LogP contribution in [0.25, 0.3) is 64.5 Å². The second kappa shape index (κ2) is 6.77. The first kappa shape index (κ1) is 19.3. The van der Waals surface area contributed by atoms with E-state index in [0.29, 0.717) is 0 Å². The summed E-state index contributed by atoms with van der Waals surface area (Å²) in [5, 5.41) is 4.72. The number of aryl methyl sites for hydroxylation is 4. The highest BCUT2D eigenvalue weighted by Crippen LogP contribution is 2.43. The van der Waals surface area contributed by atoms with Crippen molar-refractivity contribution in [2.75, 3.05) is 0 Å². The fourth-order valence-electron chi connectivity index (χ4n) is 5.77. The molecule has 5 nitrogen and oxygen atoms in total. The number of nitrogens with one attached hydrogen (secondary N) is 2. The summed E-state index contributed by atoms with van der Waals surface area (Å²) >= 11 is 1.89. The normalized spacial score (nSPS) is 13.2. The maximum absolute atomic E-state index is 4.79. The Balaban J connectivity index is 1.36. The van der Waals surface area contributed by atoms with Crippen LogP contribution in [0, 0.1) is 13.8 Å². The number of aromatic nitrogens is 5. The average molecular weight is 472 g/mol. The minimum atomic E-state index is 0.922. The molecule has 0 spiro atoms. The predicted molar refractivity (Wildman–Crippen MR) is 144 cm³/mol. The van der Waals surface area contributed by atoms with Crippen LogP contribution in [0.1, 0.15) is 22.9 Å². The fraction of sp³-hybridized carbons (Fsp3) is 0.138. The van der Waals surface area contributed by atoms with E-state index in [2.05, 4.69) is 52.4 Å². The number of hydrogen-bond donors (Lipinski definition) is 2. The molecule has 168 valence electrons. The second-order valence-corrected chi connectivity index (χ2v) is 10.5. The van der Waals surface area contributed by atoms with Crippen molar-refractivity contribution in [1.29, 1.82) is 0 Å². The fourth-order valence-corrected chi connectivity index (χ4v) is 7.00. The smallest absolute Gasteiger partial charge is 0.104 e. The van der Waals surface area contributed by atoms with Crippen LogP contribution in [0.4, 0.5) is 0 Å². The van der Waals surface area contributed by atoms with E-state index in [1.807, 2.05) is 37.4 Å². The number of nitrogens with zero attached hydrogens (tertiary/aromatic N) is 3. The topological polar surface area (TPSA) is 70.2 Å². The van der Waals surface area contributed by atoms with E-state index in [0.717, 1.165) is 62.9 Å². The van der Waals surface area contributed by atoms with E-state index in [4.69, 9.17) is 15.0 Å².